The lowest BCUT2D eigenvalue weighted by molar-refractivity contribution is 0.201. The van der Waals surface area contributed by atoms with Gasteiger partial charge in [0.1, 0.15) is 0 Å². The summed E-state index contributed by atoms with van der Waals surface area (Å²) in [6.07, 6.45) is 0. The smallest absolute Gasteiger partial charge is 0.165 e. The minimum absolute atomic E-state index is 0.0241. The highest BCUT2D eigenvalue weighted by Gasteiger charge is 2.16. The van der Waals surface area contributed by atoms with Crippen LogP contribution >= 0.6 is 0 Å². The molecular weight excluding hydrogens is 233 g/mol. The number of ether oxygens (including phenoxy) is 1. The molecule has 2 unspecified atom stereocenters. The molecule has 0 heterocycles. The van der Waals surface area contributed by atoms with Gasteiger partial charge in [-0.1, -0.05) is 19.9 Å². The fourth-order valence-electron chi connectivity index (χ4n) is 1.82. The van der Waals surface area contributed by atoms with E-state index in [1.54, 1.807) is 12.1 Å². The molecule has 0 saturated carbocycles. The van der Waals surface area contributed by atoms with E-state index in [2.05, 4.69) is 5.32 Å². The van der Waals surface area contributed by atoms with Gasteiger partial charge in [0.25, 0.3) is 0 Å². The normalized spacial score (nSPS) is 14.6. The molecule has 2 atom stereocenters. The monoisotopic (exact) mass is 255 g/mol. The molecule has 0 aliphatic heterocycles. The van der Waals surface area contributed by atoms with E-state index in [9.17, 15) is 9.50 Å². The molecule has 18 heavy (non-hydrogen) atoms. The second-order valence-electron chi connectivity index (χ2n) is 4.82. The van der Waals surface area contributed by atoms with E-state index in [1.807, 2.05) is 20.8 Å². The molecule has 102 valence electrons. The van der Waals surface area contributed by atoms with Crippen LogP contribution in [0, 0.1) is 11.7 Å². The number of halogens is 1. The molecule has 0 aliphatic rings. The van der Waals surface area contributed by atoms with Crippen molar-refractivity contribution in [1.82, 2.24) is 5.32 Å². The Bertz CT molecular complexity index is 382. The van der Waals surface area contributed by atoms with Crippen molar-refractivity contribution in [3.8, 4) is 5.75 Å². The van der Waals surface area contributed by atoms with Gasteiger partial charge >= 0.3 is 0 Å². The number of methoxy groups -OCH3 is 1. The second-order valence-corrected chi connectivity index (χ2v) is 4.82. The molecule has 0 aliphatic carbocycles. The number of rotatable bonds is 6. The fraction of sp³-hybridized carbons (Fsp3) is 0.571. The molecular formula is C14H22FNO2. The maximum Gasteiger partial charge on any atom is 0.165 e. The Labute approximate surface area is 108 Å². The quantitative estimate of drug-likeness (QED) is 0.820. The summed E-state index contributed by atoms with van der Waals surface area (Å²) in [7, 11) is 1.45. The predicted molar refractivity (Wildman–Crippen MR) is 70.2 cm³/mol. The van der Waals surface area contributed by atoms with Gasteiger partial charge in [-0.3, -0.25) is 0 Å². The minimum Gasteiger partial charge on any atom is -0.494 e. The van der Waals surface area contributed by atoms with Crippen LogP contribution in [0.4, 0.5) is 4.39 Å². The summed E-state index contributed by atoms with van der Waals surface area (Å²) in [4.78, 5) is 0. The lowest BCUT2D eigenvalue weighted by Gasteiger charge is -2.25. The first-order valence-corrected chi connectivity index (χ1v) is 6.20. The maximum atomic E-state index is 13.3. The molecule has 1 aromatic carbocycles. The average Bonchev–Trinajstić information content (AvgIpc) is 2.35. The van der Waals surface area contributed by atoms with Crippen LogP contribution in [0.3, 0.4) is 0 Å². The molecule has 0 aromatic heterocycles. The molecule has 1 aromatic rings. The highest BCUT2D eigenvalue weighted by molar-refractivity contribution is 5.32. The van der Waals surface area contributed by atoms with Gasteiger partial charge in [0.05, 0.1) is 13.7 Å². The van der Waals surface area contributed by atoms with Crippen molar-refractivity contribution in [2.24, 2.45) is 5.92 Å². The topological polar surface area (TPSA) is 41.5 Å². The number of benzene rings is 1. The Kier molecular flexibility index (Phi) is 5.56. The van der Waals surface area contributed by atoms with Crippen molar-refractivity contribution in [3.63, 3.8) is 0 Å². The van der Waals surface area contributed by atoms with Crippen molar-refractivity contribution < 1.29 is 14.2 Å². The van der Waals surface area contributed by atoms with E-state index >= 15 is 0 Å². The second kappa shape index (κ2) is 6.71. The molecule has 2 N–H and O–H groups in total. The zero-order valence-electron chi connectivity index (χ0n) is 11.4. The zero-order chi connectivity index (χ0) is 13.7. The molecule has 4 heteroatoms. The summed E-state index contributed by atoms with van der Waals surface area (Å²) in [5, 5.41) is 12.6. The fourth-order valence-corrected chi connectivity index (χ4v) is 1.82. The van der Waals surface area contributed by atoms with Crippen LogP contribution in [0.5, 0.6) is 5.75 Å². The largest absolute Gasteiger partial charge is 0.494 e. The van der Waals surface area contributed by atoms with E-state index < -0.39 is 0 Å². The van der Waals surface area contributed by atoms with Gasteiger partial charge in [0, 0.05) is 12.1 Å². The number of hydrogen-bond acceptors (Lipinski definition) is 3. The van der Waals surface area contributed by atoms with Gasteiger partial charge in [0.2, 0.25) is 0 Å². The number of aliphatic hydroxyl groups excluding tert-OH is 1. The van der Waals surface area contributed by atoms with Crippen molar-refractivity contribution in [2.75, 3.05) is 13.7 Å². The highest BCUT2D eigenvalue weighted by Crippen LogP contribution is 2.23. The summed E-state index contributed by atoms with van der Waals surface area (Å²) >= 11 is 0. The van der Waals surface area contributed by atoms with Gasteiger partial charge in [-0.25, -0.2) is 4.39 Å². The minimum atomic E-state index is -0.365. The Morgan fingerprint density at radius 3 is 2.50 bits per heavy atom. The Balaban J connectivity index is 2.80. The van der Waals surface area contributed by atoms with Crippen LogP contribution < -0.4 is 10.1 Å². The van der Waals surface area contributed by atoms with Crippen molar-refractivity contribution in [3.05, 3.63) is 29.6 Å². The van der Waals surface area contributed by atoms with Gasteiger partial charge in [0.15, 0.2) is 11.6 Å². The van der Waals surface area contributed by atoms with Gasteiger partial charge in [-0.15, -0.1) is 0 Å². The molecule has 1 rings (SSSR count). The number of aliphatic hydroxyl groups is 1. The summed E-state index contributed by atoms with van der Waals surface area (Å²) in [5.74, 6) is 0.210. The lowest BCUT2D eigenvalue weighted by atomic mass is 10.0. The first-order chi connectivity index (χ1) is 8.49. The van der Waals surface area contributed by atoms with Gasteiger partial charge < -0.3 is 15.2 Å². The van der Waals surface area contributed by atoms with Gasteiger partial charge in [-0.2, -0.15) is 0 Å². The third-order valence-corrected chi connectivity index (χ3v) is 3.14. The van der Waals surface area contributed by atoms with E-state index in [0.717, 1.165) is 5.56 Å². The molecule has 0 fully saturated rings. The third kappa shape index (κ3) is 3.68. The van der Waals surface area contributed by atoms with Crippen LogP contribution in [0.1, 0.15) is 32.4 Å². The van der Waals surface area contributed by atoms with E-state index in [4.69, 9.17) is 4.74 Å². The van der Waals surface area contributed by atoms with Crippen molar-refractivity contribution in [2.45, 2.75) is 32.9 Å². The summed E-state index contributed by atoms with van der Waals surface area (Å²) in [5.41, 5.74) is 0.937. The molecule has 0 spiro atoms. The SMILES string of the molecule is COc1cc(C(C)NC(CO)C(C)C)ccc1F. The Morgan fingerprint density at radius 2 is 2.00 bits per heavy atom. The number of hydrogen-bond donors (Lipinski definition) is 2. The summed E-state index contributed by atoms with van der Waals surface area (Å²) < 4.78 is 18.3. The number of nitrogens with one attached hydrogen (secondary N) is 1. The summed E-state index contributed by atoms with van der Waals surface area (Å²) in [6.45, 7) is 6.16. The van der Waals surface area contributed by atoms with E-state index in [1.165, 1.54) is 13.2 Å². The highest BCUT2D eigenvalue weighted by atomic mass is 19.1. The molecule has 0 bridgehead atoms. The summed E-state index contributed by atoms with van der Waals surface area (Å²) in [6, 6.07) is 4.86. The molecule has 0 amide bonds. The standard InChI is InChI=1S/C14H22FNO2/c1-9(2)13(8-17)16-10(3)11-5-6-12(15)14(7-11)18-4/h5-7,9-10,13,16-17H,8H2,1-4H3. The van der Waals surface area contributed by atoms with E-state index in [-0.39, 0.29) is 30.3 Å². The van der Waals surface area contributed by atoms with Crippen LogP contribution in [0.15, 0.2) is 18.2 Å². The third-order valence-electron chi connectivity index (χ3n) is 3.14. The van der Waals surface area contributed by atoms with Gasteiger partial charge in [-0.05, 0) is 30.5 Å². The molecule has 3 nitrogen and oxygen atoms in total. The van der Waals surface area contributed by atoms with Crippen molar-refractivity contribution in [1.29, 1.82) is 0 Å². The van der Waals surface area contributed by atoms with Crippen LogP contribution in [-0.2, 0) is 0 Å². The lowest BCUT2D eigenvalue weighted by Crippen LogP contribution is -2.38. The van der Waals surface area contributed by atoms with Crippen LogP contribution in [0.25, 0.3) is 0 Å². The first-order valence-electron chi connectivity index (χ1n) is 6.20. The average molecular weight is 255 g/mol. The molecule has 0 saturated heterocycles. The maximum absolute atomic E-state index is 13.3. The molecule has 0 radical (unpaired) electrons. The zero-order valence-corrected chi connectivity index (χ0v) is 11.4. The van der Waals surface area contributed by atoms with Crippen molar-refractivity contribution >= 4 is 0 Å². The van der Waals surface area contributed by atoms with Crippen LogP contribution in [-0.4, -0.2) is 24.9 Å². The Hall–Kier alpha value is -1.13. The Morgan fingerprint density at radius 1 is 1.33 bits per heavy atom. The predicted octanol–water partition coefficient (Wildman–Crippen LogP) is 2.50. The van der Waals surface area contributed by atoms with E-state index in [0.29, 0.717) is 5.92 Å². The van der Waals surface area contributed by atoms with Crippen LogP contribution in [0.2, 0.25) is 0 Å². The first kappa shape index (κ1) is 14.9.